The van der Waals surface area contributed by atoms with Crippen molar-refractivity contribution in [3.8, 4) is 22.4 Å². The first-order valence-electron chi connectivity index (χ1n) is 21.1. The Bertz CT molecular complexity index is 2010. The van der Waals surface area contributed by atoms with Gasteiger partial charge in [0.2, 0.25) is 23.6 Å². The number of aryl methyl sites for hydroxylation is 1. The van der Waals surface area contributed by atoms with Crippen molar-refractivity contribution in [3.63, 3.8) is 0 Å². The molecular weight excluding hydrogens is 731 g/mol. The molecule has 0 spiro atoms. The lowest BCUT2D eigenvalue weighted by Gasteiger charge is -2.29. The summed E-state index contributed by atoms with van der Waals surface area (Å²) in [6.45, 7) is 4.96. The van der Waals surface area contributed by atoms with Crippen molar-refractivity contribution in [2.45, 2.75) is 108 Å². The smallest absolute Gasteiger partial charge is 0.245 e. The fraction of sp³-hybridized carbons (Fsp3) is 0.457. The molecule has 1 unspecified atom stereocenters. The van der Waals surface area contributed by atoms with E-state index in [9.17, 15) is 24.3 Å². The van der Waals surface area contributed by atoms with Crippen molar-refractivity contribution in [3.05, 3.63) is 102 Å². The Morgan fingerprint density at radius 2 is 1.41 bits per heavy atom. The average molecular weight is 788 g/mol. The van der Waals surface area contributed by atoms with Crippen LogP contribution in [0.25, 0.3) is 22.4 Å². The molecule has 306 valence electrons. The van der Waals surface area contributed by atoms with Crippen LogP contribution in [0.3, 0.4) is 0 Å². The van der Waals surface area contributed by atoms with Gasteiger partial charge in [-0.2, -0.15) is 0 Å². The number of aliphatic hydroxyl groups excluding tert-OH is 1. The number of aromatic nitrogens is 2. The van der Waals surface area contributed by atoms with Crippen molar-refractivity contribution < 1.29 is 24.3 Å². The molecule has 2 aliphatic carbocycles. The maximum Gasteiger partial charge on any atom is 0.245 e. The van der Waals surface area contributed by atoms with E-state index < -0.39 is 24.4 Å². The van der Waals surface area contributed by atoms with Gasteiger partial charge < -0.3 is 30.9 Å². The summed E-state index contributed by atoms with van der Waals surface area (Å²) in [5.41, 5.74) is 5.96. The molecule has 58 heavy (non-hydrogen) atoms. The van der Waals surface area contributed by atoms with Crippen LogP contribution in [0.4, 0.5) is 0 Å². The van der Waals surface area contributed by atoms with Crippen LogP contribution in [0.1, 0.15) is 101 Å². The van der Waals surface area contributed by atoms with Gasteiger partial charge in [-0.05, 0) is 99.1 Å². The normalized spacial score (nSPS) is 18.5. The largest absolute Gasteiger partial charge is 0.376 e. The first-order chi connectivity index (χ1) is 28.2. The Kier molecular flexibility index (Phi) is 13.3. The highest BCUT2D eigenvalue weighted by molar-refractivity contribution is 5.93. The van der Waals surface area contributed by atoms with Crippen LogP contribution in [0.2, 0.25) is 0 Å². The highest BCUT2D eigenvalue weighted by Crippen LogP contribution is 2.31. The standard InChI is InChI=1S/C46H57N7O5/c1-3-37(51-42(54)35-22-23-35)46(58)53-27-9-12-39(53)44(56)49-29(2)30-14-16-31(17-15-30)32-18-20-33(21-19-32)38-28-48-40(50-38)13-7-8-26-47-45(57)41(34-10-5-4-6-11-34)52-43(55)36-24-25-36/h4-6,10-11,14-21,28-29,35-37,39,41,45,47,57H,3,7-9,12-13,22-27H2,1-2H3,(H,48,50)(H,49,56)(H,51,54)(H,52,55)/t29-,37-,39+,41-,45?/m1/s1. The van der Waals surface area contributed by atoms with Gasteiger partial charge in [0.05, 0.1) is 24.0 Å². The van der Waals surface area contributed by atoms with Gasteiger partial charge in [-0.1, -0.05) is 85.8 Å². The number of unbranched alkanes of at least 4 members (excludes halogenated alkanes) is 1. The Balaban J connectivity index is 0.856. The molecule has 2 saturated carbocycles. The number of aromatic amines is 1. The van der Waals surface area contributed by atoms with Gasteiger partial charge in [0.1, 0.15) is 24.1 Å². The number of carbonyl (C=O) groups excluding carboxylic acids is 4. The number of rotatable bonds is 19. The van der Waals surface area contributed by atoms with E-state index in [0.717, 1.165) is 90.7 Å². The monoisotopic (exact) mass is 787 g/mol. The minimum absolute atomic E-state index is 0.00337. The second-order valence-corrected chi connectivity index (χ2v) is 16.1. The van der Waals surface area contributed by atoms with Gasteiger partial charge in [-0.3, -0.25) is 24.5 Å². The van der Waals surface area contributed by atoms with Crippen molar-refractivity contribution in [2.75, 3.05) is 13.1 Å². The molecule has 1 aliphatic heterocycles. The van der Waals surface area contributed by atoms with E-state index >= 15 is 0 Å². The van der Waals surface area contributed by atoms with Crippen LogP contribution in [-0.2, 0) is 25.6 Å². The predicted molar refractivity (Wildman–Crippen MR) is 223 cm³/mol. The Hall–Kier alpha value is -5.33. The van der Waals surface area contributed by atoms with Crippen LogP contribution in [0, 0.1) is 11.8 Å². The van der Waals surface area contributed by atoms with Crippen molar-refractivity contribution in [1.82, 2.24) is 36.1 Å². The first kappa shape index (κ1) is 40.9. The van der Waals surface area contributed by atoms with E-state index in [1.807, 2.05) is 62.5 Å². The van der Waals surface area contributed by atoms with Crippen molar-refractivity contribution in [1.29, 1.82) is 0 Å². The molecule has 2 heterocycles. The molecule has 1 aromatic heterocycles. The number of aliphatic hydroxyl groups is 1. The van der Waals surface area contributed by atoms with Gasteiger partial charge in [-0.25, -0.2) is 4.98 Å². The zero-order valence-corrected chi connectivity index (χ0v) is 33.6. The van der Waals surface area contributed by atoms with Crippen LogP contribution < -0.4 is 21.3 Å². The highest BCUT2D eigenvalue weighted by atomic mass is 16.3. The maximum absolute atomic E-state index is 13.4. The molecule has 12 heteroatoms. The zero-order chi connectivity index (χ0) is 40.6. The van der Waals surface area contributed by atoms with E-state index in [2.05, 4.69) is 67.6 Å². The maximum atomic E-state index is 13.4. The average Bonchev–Trinajstić information content (AvgIpc) is 4.19. The number of amides is 4. The van der Waals surface area contributed by atoms with Gasteiger partial charge in [0.25, 0.3) is 0 Å². The van der Waals surface area contributed by atoms with Crippen LogP contribution in [-0.4, -0.2) is 75.0 Å². The predicted octanol–water partition coefficient (Wildman–Crippen LogP) is 5.71. The lowest BCUT2D eigenvalue weighted by Crippen LogP contribution is -2.53. The van der Waals surface area contributed by atoms with Gasteiger partial charge in [-0.15, -0.1) is 0 Å². The lowest BCUT2D eigenvalue weighted by atomic mass is 9.99. The molecule has 0 bridgehead atoms. The molecule has 3 aromatic carbocycles. The summed E-state index contributed by atoms with van der Waals surface area (Å²) < 4.78 is 0. The van der Waals surface area contributed by atoms with Crippen molar-refractivity contribution >= 4 is 23.6 Å². The molecule has 12 nitrogen and oxygen atoms in total. The number of H-pyrrole nitrogens is 1. The topological polar surface area (TPSA) is 169 Å². The van der Waals surface area contributed by atoms with Crippen molar-refractivity contribution in [2.24, 2.45) is 11.8 Å². The molecule has 3 fully saturated rings. The molecule has 3 aliphatic rings. The minimum atomic E-state index is -0.890. The number of nitrogens with zero attached hydrogens (tertiary/aromatic N) is 2. The third-order valence-electron chi connectivity index (χ3n) is 11.7. The number of nitrogens with one attached hydrogen (secondary N) is 5. The fourth-order valence-electron chi connectivity index (χ4n) is 7.72. The molecule has 4 amide bonds. The molecule has 4 aromatic rings. The summed E-state index contributed by atoms with van der Waals surface area (Å²) in [5, 5.41) is 23.2. The third kappa shape index (κ3) is 10.4. The number of imidazole rings is 1. The highest BCUT2D eigenvalue weighted by Gasteiger charge is 2.39. The molecule has 5 atom stereocenters. The zero-order valence-electron chi connectivity index (χ0n) is 33.6. The summed E-state index contributed by atoms with van der Waals surface area (Å²) >= 11 is 0. The number of hydrogen-bond acceptors (Lipinski definition) is 7. The second-order valence-electron chi connectivity index (χ2n) is 16.1. The van der Waals surface area contributed by atoms with E-state index in [1.165, 1.54) is 0 Å². The fourth-order valence-corrected chi connectivity index (χ4v) is 7.72. The summed E-state index contributed by atoms with van der Waals surface area (Å²) in [7, 11) is 0. The quantitative estimate of drug-likeness (QED) is 0.0523. The minimum Gasteiger partial charge on any atom is -0.376 e. The molecule has 7 rings (SSSR count). The summed E-state index contributed by atoms with van der Waals surface area (Å²) in [5.74, 6) is 0.603. The van der Waals surface area contributed by atoms with E-state index in [-0.39, 0.29) is 41.5 Å². The molecular formula is C46H57N7O5. The number of hydrogen-bond donors (Lipinski definition) is 6. The number of benzene rings is 3. The van der Waals surface area contributed by atoms with Gasteiger partial charge in [0, 0.05) is 24.8 Å². The molecule has 1 saturated heterocycles. The summed E-state index contributed by atoms with van der Waals surface area (Å²) in [6.07, 6.45) is 8.90. The summed E-state index contributed by atoms with van der Waals surface area (Å²) in [4.78, 5) is 61.3. The Labute approximate surface area is 341 Å². The molecule has 6 N–H and O–H groups in total. The van der Waals surface area contributed by atoms with Gasteiger partial charge >= 0.3 is 0 Å². The van der Waals surface area contributed by atoms with Crippen LogP contribution >= 0.6 is 0 Å². The number of likely N-dealkylation sites (tertiary alicyclic amines) is 1. The SMILES string of the molecule is CC[C@@H](NC(=O)C1CC1)C(=O)N1CCC[C@H]1C(=O)N[C@H](C)c1ccc(-c2ccc(-c3cnc(CCCCNC(O)[C@H](NC(=O)C4CC4)c4ccccc4)[nH]3)cc2)cc1. The molecule has 0 radical (unpaired) electrons. The van der Waals surface area contributed by atoms with Crippen LogP contribution in [0.15, 0.2) is 85.1 Å². The third-order valence-corrected chi connectivity index (χ3v) is 11.7. The first-order valence-corrected chi connectivity index (χ1v) is 21.1. The van der Waals surface area contributed by atoms with E-state index in [1.54, 1.807) is 4.90 Å². The van der Waals surface area contributed by atoms with Crippen LogP contribution in [0.5, 0.6) is 0 Å². The van der Waals surface area contributed by atoms with E-state index in [4.69, 9.17) is 0 Å². The Morgan fingerprint density at radius 1 is 0.776 bits per heavy atom. The number of carbonyl (C=O) groups is 4. The van der Waals surface area contributed by atoms with Gasteiger partial charge in [0.15, 0.2) is 0 Å². The lowest BCUT2D eigenvalue weighted by molar-refractivity contribution is -0.141. The second kappa shape index (κ2) is 18.9. The van der Waals surface area contributed by atoms with E-state index in [0.29, 0.717) is 25.9 Å². The Morgan fingerprint density at radius 3 is 2.07 bits per heavy atom. The summed E-state index contributed by atoms with van der Waals surface area (Å²) in [6, 6.07) is 24.2.